The van der Waals surface area contributed by atoms with Crippen molar-refractivity contribution in [1.29, 1.82) is 0 Å². The van der Waals surface area contributed by atoms with Gasteiger partial charge in [0, 0.05) is 51.9 Å². The molecule has 0 bridgehead atoms. The Bertz CT molecular complexity index is 647. The molecule has 0 N–H and O–H groups in total. The van der Waals surface area contributed by atoms with Crippen molar-refractivity contribution in [3.8, 4) is 0 Å². The van der Waals surface area contributed by atoms with Crippen molar-refractivity contribution in [2.24, 2.45) is 15.4 Å². The van der Waals surface area contributed by atoms with Crippen LogP contribution >= 0.6 is 25.3 Å². The van der Waals surface area contributed by atoms with Gasteiger partial charge in [-0.3, -0.25) is 9.98 Å². The van der Waals surface area contributed by atoms with Crippen molar-refractivity contribution in [3.63, 3.8) is 0 Å². The second-order valence-corrected chi connectivity index (χ2v) is 7.19. The van der Waals surface area contributed by atoms with Gasteiger partial charge in [-0.1, -0.05) is 50.2 Å². The van der Waals surface area contributed by atoms with Crippen LogP contribution in [0.15, 0.2) is 68.3 Å². The molecule has 2 nitrogen and oxygen atoms in total. The standard InChI is InChI=1S/C19H22N2S2/c1-19(2,13-20-11-15-7-3-5-9-17(15)22)14-21-12-16-8-4-6-10-18(16)23/h3-12,22-23H,13-14H2,1-2H3. The third-order valence-electron chi connectivity index (χ3n) is 3.37. The molecule has 0 aromatic heterocycles. The number of aliphatic imine (C=N–C) groups is 2. The lowest BCUT2D eigenvalue weighted by molar-refractivity contribution is 0.396. The second-order valence-electron chi connectivity index (χ2n) is 6.22. The van der Waals surface area contributed by atoms with E-state index in [1.807, 2.05) is 61.0 Å². The Morgan fingerprint density at radius 3 is 1.57 bits per heavy atom. The summed E-state index contributed by atoms with van der Waals surface area (Å²) in [5.41, 5.74) is 2.09. The molecule has 0 spiro atoms. The van der Waals surface area contributed by atoms with Crippen molar-refractivity contribution in [3.05, 3.63) is 59.7 Å². The Morgan fingerprint density at radius 1 is 0.783 bits per heavy atom. The zero-order valence-electron chi connectivity index (χ0n) is 13.5. The first-order valence-corrected chi connectivity index (χ1v) is 8.43. The average Bonchev–Trinajstić information content (AvgIpc) is 2.51. The molecular weight excluding hydrogens is 320 g/mol. The fourth-order valence-corrected chi connectivity index (χ4v) is 2.46. The first-order chi connectivity index (χ1) is 11.0. The molecular formula is C19H22N2S2. The molecule has 0 unspecified atom stereocenters. The van der Waals surface area contributed by atoms with Crippen molar-refractivity contribution in [1.82, 2.24) is 0 Å². The molecule has 4 heteroatoms. The summed E-state index contributed by atoms with van der Waals surface area (Å²) in [7, 11) is 0. The van der Waals surface area contributed by atoms with E-state index in [1.165, 1.54) is 0 Å². The van der Waals surface area contributed by atoms with Gasteiger partial charge in [-0.25, -0.2) is 0 Å². The molecule has 120 valence electrons. The van der Waals surface area contributed by atoms with Crippen LogP contribution in [0.4, 0.5) is 0 Å². The predicted molar refractivity (Wildman–Crippen MR) is 106 cm³/mol. The normalized spacial score (nSPS) is 12.3. The van der Waals surface area contributed by atoms with Gasteiger partial charge in [0.25, 0.3) is 0 Å². The van der Waals surface area contributed by atoms with Crippen molar-refractivity contribution in [2.75, 3.05) is 13.1 Å². The van der Waals surface area contributed by atoms with Gasteiger partial charge in [-0.05, 0) is 12.1 Å². The largest absolute Gasteiger partial charge is 0.292 e. The zero-order valence-corrected chi connectivity index (χ0v) is 15.3. The van der Waals surface area contributed by atoms with E-state index < -0.39 is 0 Å². The number of nitrogens with zero attached hydrogens (tertiary/aromatic N) is 2. The van der Waals surface area contributed by atoms with E-state index >= 15 is 0 Å². The van der Waals surface area contributed by atoms with E-state index in [0.717, 1.165) is 34.0 Å². The summed E-state index contributed by atoms with van der Waals surface area (Å²) in [5.74, 6) is 0. The van der Waals surface area contributed by atoms with Crippen LogP contribution < -0.4 is 0 Å². The molecule has 0 heterocycles. The number of hydrogen-bond acceptors (Lipinski definition) is 4. The summed E-state index contributed by atoms with van der Waals surface area (Å²) in [6.07, 6.45) is 3.77. The maximum absolute atomic E-state index is 4.55. The minimum atomic E-state index is 0.00405. The Morgan fingerprint density at radius 2 is 1.17 bits per heavy atom. The summed E-state index contributed by atoms with van der Waals surface area (Å²) in [5, 5.41) is 0. The molecule has 0 radical (unpaired) electrons. The van der Waals surface area contributed by atoms with Crippen LogP contribution in [0.2, 0.25) is 0 Å². The molecule has 2 aromatic rings. The second kappa shape index (κ2) is 8.37. The highest BCUT2D eigenvalue weighted by molar-refractivity contribution is 7.80. The van der Waals surface area contributed by atoms with Crippen LogP contribution in [0, 0.1) is 5.41 Å². The predicted octanol–water partition coefficient (Wildman–Crippen LogP) is 4.83. The van der Waals surface area contributed by atoms with E-state index in [2.05, 4.69) is 49.1 Å². The average molecular weight is 343 g/mol. The first-order valence-electron chi connectivity index (χ1n) is 7.54. The number of hydrogen-bond donors (Lipinski definition) is 2. The van der Waals surface area contributed by atoms with Crippen molar-refractivity contribution < 1.29 is 0 Å². The molecule has 23 heavy (non-hydrogen) atoms. The fraction of sp³-hybridized carbons (Fsp3) is 0.263. The quantitative estimate of drug-likeness (QED) is 0.555. The zero-order chi connectivity index (χ0) is 16.7. The number of thiol groups is 2. The molecule has 0 amide bonds. The number of benzene rings is 2. The Hall–Kier alpha value is -1.52. The Kier molecular flexibility index (Phi) is 6.48. The van der Waals surface area contributed by atoms with Gasteiger partial charge in [0.05, 0.1) is 0 Å². The van der Waals surface area contributed by atoms with Crippen LogP contribution in [-0.4, -0.2) is 25.5 Å². The smallest absolute Gasteiger partial charge is 0.0458 e. The van der Waals surface area contributed by atoms with Crippen LogP contribution in [0.1, 0.15) is 25.0 Å². The van der Waals surface area contributed by atoms with Crippen LogP contribution in [0.3, 0.4) is 0 Å². The molecule has 0 aliphatic carbocycles. The highest BCUT2D eigenvalue weighted by atomic mass is 32.1. The number of rotatable bonds is 6. The monoisotopic (exact) mass is 342 g/mol. The highest BCUT2D eigenvalue weighted by Crippen LogP contribution is 2.17. The Balaban J connectivity index is 1.92. The maximum Gasteiger partial charge on any atom is 0.0458 e. The highest BCUT2D eigenvalue weighted by Gasteiger charge is 2.15. The third kappa shape index (κ3) is 5.88. The van der Waals surface area contributed by atoms with Gasteiger partial charge < -0.3 is 0 Å². The molecule has 2 rings (SSSR count). The summed E-state index contributed by atoms with van der Waals surface area (Å²) >= 11 is 8.86. The molecule has 0 aliphatic rings. The fourth-order valence-electron chi connectivity index (χ4n) is 2.03. The van der Waals surface area contributed by atoms with Gasteiger partial charge in [0.15, 0.2) is 0 Å². The Labute approximate surface area is 149 Å². The molecule has 0 fully saturated rings. The summed E-state index contributed by atoms with van der Waals surface area (Å²) in [4.78, 5) is 11.0. The third-order valence-corrected chi connectivity index (χ3v) is 4.19. The van der Waals surface area contributed by atoms with Crippen molar-refractivity contribution >= 4 is 37.7 Å². The van der Waals surface area contributed by atoms with E-state index in [1.54, 1.807) is 0 Å². The summed E-state index contributed by atoms with van der Waals surface area (Å²) < 4.78 is 0. The van der Waals surface area contributed by atoms with Gasteiger partial charge in [0.2, 0.25) is 0 Å². The lowest BCUT2D eigenvalue weighted by Gasteiger charge is -2.19. The topological polar surface area (TPSA) is 24.7 Å². The molecule has 0 saturated carbocycles. The lowest BCUT2D eigenvalue weighted by atomic mass is 9.94. The molecule has 0 aliphatic heterocycles. The van der Waals surface area contributed by atoms with Gasteiger partial charge >= 0.3 is 0 Å². The minimum absolute atomic E-state index is 0.00405. The van der Waals surface area contributed by atoms with E-state index in [-0.39, 0.29) is 5.41 Å². The van der Waals surface area contributed by atoms with E-state index in [0.29, 0.717) is 0 Å². The summed E-state index contributed by atoms with van der Waals surface area (Å²) in [6, 6.07) is 15.9. The maximum atomic E-state index is 4.55. The first kappa shape index (κ1) is 17.8. The lowest BCUT2D eigenvalue weighted by Crippen LogP contribution is -2.19. The van der Waals surface area contributed by atoms with Gasteiger partial charge in [0.1, 0.15) is 0 Å². The van der Waals surface area contributed by atoms with Crippen molar-refractivity contribution in [2.45, 2.75) is 23.6 Å². The van der Waals surface area contributed by atoms with E-state index in [9.17, 15) is 0 Å². The molecule has 0 atom stereocenters. The molecule has 2 aromatic carbocycles. The minimum Gasteiger partial charge on any atom is -0.292 e. The summed E-state index contributed by atoms with van der Waals surface area (Å²) in [6.45, 7) is 5.77. The van der Waals surface area contributed by atoms with Crippen LogP contribution in [-0.2, 0) is 0 Å². The molecule has 0 saturated heterocycles. The van der Waals surface area contributed by atoms with Crippen LogP contribution in [0.5, 0.6) is 0 Å². The van der Waals surface area contributed by atoms with E-state index in [4.69, 9.17) is 0 Å². The SMILES string of the molecule is CC(C)(CN=Cc1ccccc1S)CN=Cc1ccccc1S. The van der Waals surface area contributed by atoms with Gasteiger partial charge in [-0.15, -0.1) is 25.3 Å². The van der Waals surface area contributed by atoms with Crippen LogP contribution in [0.25, 0.3) is 0 Å². The van der Waals surface area contributed by atoms with Gasteiger partial charge in [-0.2, -0.15) is 0 Å².